The Morgan fingerprint density at radius 3 is 2.33 bits per heavy atom. The zero-order valence-electron chi connectivity index (χ0n) is 27.3. The van der Waals surface area contributed by atoms with Crippen LogP contribution in [0.2, 0.25) is 0 Å². The predicted octanol–water partition coefficient (Wildman–Crippen LogP) is -2.14. The first-order valence-electron chi connectivity index (χ1n) is 16.2. The molecular weight excluding hydrogens is 640 g/mol. The van der Waals surface area contributed by atoms with Gasteiger partial charge in [0.2, 0.25) is 18.0 Å². The summed E-state index contributed by atoms with van der Waals surface area (Å²) in [5.74, 6) is -6.74. The van der Waals surface area contributed by atoms with Crippen LogP contribution < -0.4 is 0 Å². The Labute approximate surface area is 275 Å². The van der Waals surface area contributed by atoms with Crippen LogP contribution in [0.4, 0.5) is 0 Å². The van der Waals surface area contributed by atoms with E-state index in [2.05, 4.69) is 0 Å². The van der Waals surface area contributed by atoms with Crippen LogP contribution in [0.25, 0.3) is 0 Å². The lowest BCUT2D eigenvalue weighted by Gasteiger charge is -2.67. The molecule has 2 bridgehead atoms. The van der Waals surface area contributed by atoms with Crippen LogP contribution in [0.1, 0.15) is 47.0 Å². The Morgan fingerprint density at radius 2 is 1.71 bits per heavy atom. The van der Waals surface area contributed by atoms with Gasteiger partial charge in [-0.2, -0.15) is 0 Å². The Bertz CT molecular complexity index is 1390. The largest absolute Gasteiger partial charge is 0.467 e. The third-order valence-electron chi connectivity index (χ3n) is 11.7. The highest BCUT2D eigenvalue weighted by Gasteiger charge is 2.85. The molecular formula is C32H44O16. The molecule has 0 aromatic heterocycles. The summed E-state index contributed by atoms with van der Waals surface area (Å²) in [4.78, 5) is 54.2. The summed E-state index contributed by atoms with van der Waals surface area (Å²) in [6.07, 6.45) is -14.8. The highest BCUT2D eigenvalue weighted by molar-refractivity contribution is 5.96. The van der Waals surface area contributed by atoms with E-state index in [0.29, 0.717) is 5.57 Å². The number of aliphatic hydroxyl groups is 6. The second-order valence-electron chi connectivity index (χ2n) is 14.7. The van der Waals surface area contributed by atoms with Gasteiger partial charge in [-0.3, -0.25) is 9.59 Å². The molecule has 0 radical (unpaired) electrons. The molecule has 6 N–H and O–H groups in total. The summed E-state index contributed by atoms with van der Waals surface area (Å²) in [7, 11) is 1.07. The van der Waals surface area contributed by atoms with Crippen molar-refractivity contribution in [3.8, 4) is 0 Å². The molecule has 0 amide bonds. The van der Waals surface area contributed by atoms with E-state index < -0.39 is 120 Å². The number of ether oxygens (including phenoxy) is 6. The highest BCUT2D eigenvalue weighted by Crippen LogP contribution is 2.73. The van der Waals surface area contributed by atoms with Crippen LogP contribution >= 0.6 is 0 Å². The van der Waals surface area contributed by atoms with Crippen LogP contribution in [0.3, 0.4) is 0 Å². The van der Waals surface area contributed by atoms with Crippen molar-refractivity contribution < 1.29 is 78.2 Å². The SMILES string of the molecule is COC(=O)[C@@]12OC[C@]34[C@H]([C@@H](O)[C@@H]1O)[C@@]1(C)CC(=O)C(O[C@@H]5O[C@H](CO)[C@@H](O)[C@H](O)[C@H]5O)=C(C)[C@@H]1C[C@H]3OC(=O)[C@H](OC(=O)CC(C)C)[C@@H]24. The Hall–Kier alpha value is -2.70. The monoisotopic (exact) mass is 684 g/mol. The normalized spacial score (nSPS) is 48.0. The molecule has 1 spiro atoms. The maximum absolute atomic E-state index is 14.0. The van der Waals surface area contributed by atoms with E-state index in [0.717, 1.165) is 7.11 Å². The summed E-state index contributed by atoms with van der Waals surface area (Å²) in [6, 6.07) is 0. The van der Waals surface area contributed by atoms with Gasteiger partial charge in [0, 0.05) is 24.2 Å². The Morgan fingerprint density at radius 1 is 1.02 bits per heavy atom. The molecule has 3 heterocycles. The van der Waals surface area contributed by atoms with Crippen LogP contribution in [0.5, 0.6) is 0 Å². The van der Waals surface area contributed by atoms with Gasteiger partial charge >= 0.3 is 17.9 Å². The fraction of sp³-hybridized carbons (Fsp3) is 0.812. The molecule has 6 aliphatic rings. The molecule has 5 fully saturated rings. The van der Waals surface area contributed by atoms with E-state index in [4.69, 9.17) is 28.4 Å². The first kappa shape index (κ1) is 35.1. The summed E-state index contributed by atoms with van der Waals surface area (Å²) < 4.78 is 34.2. The molecule has 3 saturated heterocycles. The molecule has 48 heavy (non-hydrogen) atoms. The summed E-state index contributed by atoms with van der Waals surface area (Å²) in [5, 5.41) is 64.4. The minimum atomic E-state index is -2.30. The number of aliphatic hydroxyl groups excluding tert-OH is 6. The van der Waals surface area contributed by atoms with Crippen molar-refractivity contribution in [1.82, 2.24) is 0 Å². The summed E-state index contributed by atoms with van der Waals surface area (Å²) in [5.41, 5.74) is -4.55. The molecule has 3 aliphatic carbocycles. The molecule has 268 valence electrons. The number of allylic oxidation sites excluding steroid dienone is 2. The van der Waals surface area contributed by atoms with Crippen molar-refractivity contribution in [2.24, 2.45) is 34.5 Å². The fourth-order valence-electron chi connectivity index (χ4n) is 9.81. The van der Waals surface area contributed by atoms with Crippen LogP contribution in [0.15, 0.2) is 11.3 Å². The topological polar surface area (TPSA) is 245 Å². The maximum atomic E-state index is 14.0. The van der Waals surface area contributed by atoms with E-state index in [9.17, 15) is 49.8 Å². The third kappa shape index (κ3) is 4.63. The van der Waals surface area contributed by atoms with Crippen LogP contribution in [-0.4, -0.2) is 135 Å². The molecule has 16 nitrogen and oxygen atoms in total. The van der Waals surface area contributed by atoms with Crippen molar-refractivity contribution in [2.75, 3.05) is 20.3 Å². The third-order valence-corrected chi connectivity index (χ3v) is 11.7. The first-order valence-corrected chi connectivity index (χ1v) is 16.2. The van der Waals surface area contributed by atoms with Crippen molar-refractivity contribution in [3.63, 3.8) is 0 Å². The fourth-order valence-corrected chi connectivity index (χ4v) is 9.81. The minimum Gasteiger partial charge on any atom is -0.467 e. The van der Waals surface area contributed by atoms with Crippen molar-refractivity contribution in [3.05, 3.63) is 11.3 Å². The number of fused-ring (bicyclic) bond motifs is 2. The molecule has 15 atom stereocenters. The second-order valence-corrected chi connectivity index (χ2v) is 14.7. The molecule has 0 unspecified atom stereocenters. The van der Waals surface area contributed by atoms with Crippen molar-refractivity contribution >= 4 is 23.7 Å². The number of hydrogen-bond acceptors (Lipinski definition) is 16. The number of esters is 3. The summed E-state index contributed by atoms with van der Waals surface area (Å²) in [6.45, 7) is 5.88. The van der Waals surface area contributed by atoms with Gasteiger partial charge in [-0.1, -0.05) is 20.8 Å². The average Bonchev–Trinajstić information content (AvgIpc) is 3.33. The molecule has 16 heteroatoms. The zero-order valence-corrected chi connectivity index (χ0v) is 27.3. The van der Waals surface area contributed by atoms with Gasteiger partial charge in [0.15, 0.2) is 11.5 Å². The standard InChI is InChI=1S/C32H44O16/c1-11(2)6-17(35)47-23-25-31-10-44-32(25,29(42)43-5)26(40)21(39)24(31)30(4)8-14(34)22(12(3)13(30)7-16(31)46-27(23)41)48-28-20(38)19(37)18(36)15(9-33)45-28/h11,13,15-16,18-21,23-26,28,33,36-40H,6-10H2,1-5H3/t13-,15+,16+,18+,19-,20+,21+,23+,24+,25+,26-,28-,30-,31+,32-/m0/s1. The molecule has 6 rings (SSSR count). The molecule has 3 aliphatic heterocycles. The van der Waals surface area contributed by atoms with Crippen LogP contribution in [0, 0.1) is 34.5 Å². The number of hydrogen-bond donors (Lipinski definition) is 6. The average molecular weight is 685 g/mol. The first-order chi connectivity index (χ1) is 22.5. The number of Topliss-reactive ketones (excluding diaryl/α,β-unsaturated/α-hetero) is 1. The smallest absolute Gasteiger partial charge is 0.348 e. The minimum absolute atomic E-state index is 0.0476. The molecule has 2 saturated carbocycles. The lowest BCUT2D eigenvalue weighted by Crippen LogP contribution is -2.79. The number of carbonyl (C=O) groups excluding carboxylic acids is 4. The van der Waals surface area contributed by atoms with Gasteiger partial charge < -0.3 is 59.1 Å². The van der Waals surface area contributed by atoms with E-state index >= 15 is 0 Å². The van der Waals surface area contributed by atoms with Gasteiger partial charge in [-0.25, -0.2) is 9.59 Å². The van der Waals surface area contributed by atoms with Gasteiger partial charge in [-0.15, -0.1) is 0 Å². The van der Waals surface area contributed by atoms with E-state index in [1.807, 2.05) is 0 Å². The van der Waals surface area contributed by atoms with E-state index in [1.165, 1.54) is 0 Å². The van der Waals surface area contributed by atoms with Crippen molar-refractivity contribution in [2.45, 2.75) is 108 Å². The van der Waals surface area contributed by atoms with E-state index in [-0.39, 0.29) is 37.5 Å². The summed E-state index contributed by atoms with van der Waals surface area (Å²) >= 11 is 0. The second kappa shape index (κ2) is 12.0. The molecule has 0 aromatic rings. The van der Waals surface area contributed by atoms with Gasteiger partial charge in [0.1, 0.15) is 36.6 Å². The number of ketones is 1. The van der Waals surface area contributed by atoms with Gasteiger partial charge in [0.05, 0.1) is 32.3 Å². The van der Waals surface area contributed by atoms with Gasteiger partial charge in [0.25, 0.3) is 0 Å². The highest BCUT2D eigenvalue weighted by atomic mass is 16.7. The maximum Gasteiger partial charge on any atom is 0.348 e. The lowest BCUT2D eigenvalue weighted by atomic mass is 9.38. The molecule has 0 aromatic carbocycles. The predicted molar refractivity (Wildman–Crippen MR) is 155 cm³/mol. The zero-order chi connectivity index (χ0) is 35.2. The van der Waals surface area contributed by atoms with Gasteiger partial charge in [-0.05, 0) is 36.2 Å². The van der Waals surface area contributed by atoms with E-state index in [1.54, 1.807) is 27.7 Å². The lowest BCUT2D eigenvalue weighted by molar-refractivity contribution is -0.296. The van der Waals surface area contributed by atoms with Crippen molar-refractivity contribution in [1.29, 1.82) is 0 Å². The number of methoxy groups -OCH3 is 1. The van der Waals surface area contributed by atoms with Crippen LogP contribution in [-0.2, 0) is 47.6 Å². The quantitative estimate of drug-likeness (QED) is 0.124. The number of carbonyl (C=O) groups is 4. The Kier molecular flexibility index (Phi) is 8.76. The number of rotatable bonds is 7. The Balaban J connectivity index is 1.44.